The molecule has 2 rings (SSSR count). The second-order valence-electron chi connectivity index (χ2n) is 5.14. The maximum atomic E-state index is 11.7. The number of hydrogen-bond donors (Lipinski definition) is 2. The number of carbonyl (C=O) groups is 1. The summed E-state index contributed by atoms with van der Waals surface area (Å²) in [7, 11) is -6.08. The van der Waals surface area contributed by atoms with Gasteiger partial charge in [0.25, 0.3) is 0 Å². The highest BCUT2D eigenvalue weighted by atomic mass is 32.2. The predicted octanol–water partition coefficient (Wildman–Crippen LogP) is -1.93. The first-order valence-corrected chi connectivity index (χ1v) is 9.84. The van der Waals surface area contributed by atoms with E-state index in [2.05, 4.69) is 10.6 Å². The Morgan fingerprint density at radius 3 is 2.37 bits per heavy atom. The van der Waals surface area contributed by atoms with Crippen molar-refractivity contribution in [2.24, 2.45) is 0 Å². The number of nitrogens with one attached hydrogen (secondary N) is 2. The minimum Gasteiger partial charge on any atom is -0.352 e. The molecule has 0 aromatic heterocycles. The van der Waals surface area contributed by atoms with Gasteiger partial charge in [0.15, 0.2) is 19.7 Å². The van der Waals surface area contributed by atoms with Crippen molar-refractivity contribution in [2.75, 3.05) is 29.6 Å². The van der Waals surface area contributed by atoms with Gasteiger partial charge >= 0.3 is 0 Å². The van der Waals surface area contributed by atoms with Crippen molar-refractivity contribution in [1.29, 1.82) is 0 Å². The van der Waals surface area contributed by atoms with Crippen LogP contribution >= 0.6 is 0 Å². The molecule has 2 saturated heterocycles. The molecule has 0 aromatic rings. The smallest absolute Gasteiger partial charge is 0.221 e. The predicted molar refractivity (Wildman–Crippen MR) is 70.3 cm³/mol. The second-order valence-corrected chi connectivity index (χ2v) is 9.59. The Morgan fingerprint density at radius 1 is 1.11 bits per heavy atom. The van der Waals surface area contributed by atoms with Crippen LogP contribution in [0.2, 0.25) is 0 Å². The average Bonchev–Trinajstić information content (AvgIpc) is 2.56. The molecule has 2 fully saturated rings. The van der Waals surface area contributed by atoms with Gasteiger partial charge in [0.1, 0.15) is 0 Å². The fourth-order valence-corrected chi connectivity index (χ4v) is 5.54. The summed E-state index contributed by atoms with van der Waals surface area (Å²) in [6, 6.07) is -0.713. The molecule has 0 aromatic carbocycles. The van der Waals surface area contributed by atoms with E-state index in [-0.39, 0.29) is 47.4 Å². The van der Waals surface area contributed by atoms with Crippen LogP contribution in [-0.2, 0) is 24.5 Å². The van der Waals surface area contributed by atoms with Crippen LogP contribution in [-0.4, -0.2) is 64.4 Å². The highest BCUT2D eigenvalue weighted by molar-refractivity contribution is 7.91. The number of amides is 1. The molecular weight excluding hydrogens is 292 g/mol. The highest BCUT2D eigenvalue weighted by Crippen LogP contribution is 2.12. The molecule has 2 unspecified atom stereocenters. The molecule has 0 aliphatic carbocycles. The summed E-state index contributed by atoms with van der Waals surface area (Å²) in [5, 5.41) is 5.64. The van der Waals surface area contributed by atoms with Crippen LogP contribution in [0, 0.1) is 0 Å². The minimum absolute atomic E-state index is 0.0187. The summed E-state index contributed by atoms with van der Waals surface area (Å²) in [4.78, 5) is 11.7. The quantitative estimate of drug-likeness (QED) is 0.628. The van der Waals surface area contributed by atoms with Crippen molar-refractivity contribution in [1.82, 2.24) is 10.6 Å². The van der Waals surface area contributed by atoms with Crippen LogP contribution in [0.3, 0.4) is 0 Å². The monoisotopic (exact) mass is 310 g/mol. The van der Waals surface area contributed by atoms with Crippen LogP contribution in [0.5, 0.6) is 0 Å². The Balaban J connectivity index is 1.82. The lowest BCUT2D eigenvalue weighted by Gasteiger charge is -2.23. The molecule has 1 amide bonds. The molecule has 0 bridgehead atoms. The van der Waals surface area contributed by atoms with Gasteiger partial charge in [-0.15, -0.1) is 0 Å². The first-order chi connectivity index (χ1) is 8.76. The van der Waals surface area contributed by atoms with E-state index in [0.29, 0.717) is 13.0 Å². The van der Waals surface area contributed by atoms with Crippen LogP contribution in [0.15, 0.2) is 0 Å². The Labute approximate surface area is 113 Å². The number of hydrogen-bond acceptors (Lipinski definition) is 6. The Kier molecular flexibility index (Phi) is 4.17. The Bertz CT molecular complexity index is 554. The SMILES string of the molecule is O=C(CC1CS(=O)(=O)CCN1)NC1CCS(=O)(=O)C1. The third-order valence-electron chi connectivity index (χ3n) is 3.33. The van der Waals surface area contributed by atoms with Crippen molar-refractivity contribution in [3.63, 3.8) is 0 Å². The summed E-state index contributed by atoms with van der Waals surface area (Å²) in [5.74, 6) is -0.143. The van der Waals surface area contributed by atoms with Crippen LogP contribution in [0.25, 0.3) is 0 Å². The molecule has 2 N–H and O–H groups in total. The first-order valence-electron chi connectivity index (χ1n) is 6.19. The van der Waals surface area contributed by atoms with E-state index in [0.717, 1.165) is 0 Å². The van der Waals surface area contributed by atoms with E-state index in [1.54, 1.807) is 0 Å². The molecule has 9 heteroatoms. The first kappa shape index (κ1) is 14.7. The molecule has 0 radical (unpaired) electrons. The molecule has 2 aliphatic rings. The number of rotatable bonds is 3. The minimum atomic E-state index is -3.06. The van der Waals surface area contributed by atoms with E-state index < -0.39 is 19.7 Å². The number of carbonyl (C=O) groups excluding carboxylic acids is 1. The van der Waals surface area contributed by atoms with E-state index in [4.69, 9.17) is 0 Å². The molecule has 2 heterocycles. The van der Waals surface area contributed by atoms with Crippen molar-refractivity contribution in [3.8, 4) is 0 Å². The average molecular weight is 310 g/mol. The summed E-state index contributed by atoms with van der Waals surface area (Å²) in [6.07, 6.45) is 0.500. The second kappa shape index (κ2) is 5.37. The molecule has 2 aliphatic heterocycles. The standard InChI is InChI=1S/C10H18N2O5S2/c13-10(12-8-1-3-18(14,15)6-8)5-9-7-19(16,17)4-2-11-9/h8-9,11H,1-7H2,(H,12,13). The molecule has 2 atom stereocenters. The molecule has 110 valence electrons. The fourth-order valence-electron chi connectivity index (χ4n) is 2.42. The maximum Gasteiger partial charge on any atom is 0.221 e. The molecule has 0 spiro atoms. The fraction of sp³-hybridized carbons (Fsp3) is 0.900. The van der Waals surface area contributed by atoms with Crippen LogP contribution in [0.1, 0.15) is 12.8 Å². The molecule has 0 saturated carbocycles. The van der Waals surface area contributed by atoms with Crippen molar-refractivity contribution in [2.45, 2.75) is 24.9 Å². The lowest BCUT2D eigenvalue weighted by Crippen LogP contribution is -2.48. The van der Waals surface area contributed by atoms with Gasteiger partial charge in [-0.25, -0.2) is 16.8 Å². The third kappa shape index (κ3) is 4.43. The third-order valence-corrected chi connectivity index (χ3v) is 6.83. The van der Waals surface area contributed by atoms with Gasteiger partial charge in [-0.3, -0.25) is 4.79 Å². The van der Waals surface area contributed by atoms with Gasteiger partial charge in [-0.05, 0) is 6.42 Å². The summed E-state index contributed by atoms with van der Waals surface area (Å²) in [5.41, 5.74) is 0. The molecular formula is C10H18N2O5S2. The topological polar surface area (TPSA) is 109 Å². The summed E-state index contributed by atoms with van der Waals surface area (Å²) >= 11 is 0. The van der Waals surface area contributed by atoms with Crippen molar-refractivity contribution in [3.05, 3.63) is 0 Å². The Hall–Kier alpha value is -0.670. The zero-order valence-corrected chi connectivity index (χ0v) is 12.1. The van der Waals surface area contributed by atoms with E-state index >= 15 is 0 Å². The van der Waals surface area contributed by atoms with Crippen LogP contribution in [0.4, 0.5) is 0 Å². The highest BCUT2D eigenvalue weighted by Gasteiger charge is 2.30. The zero-order valence-electron chi connectivity index (χ0n) is 10.5. The Morgan fingerprint density at radius 2 is 1.79 bits per heavy atom. The van der Waals surface area contributed by atoms with Gasteiger partial charge in [-0.1, -0.05) is 0 Å². The summed E-state index contributed by atoms with van der Waals surface area (Å²) in [6.45, 7) is 0.359. The summed E-state index contributed by atoms with van der Waals surface area (Å²) < 4.78 is 45.4. The molecule has 19 heavy (non-hydrogen) atoms. The van der Waals surface area contributed by atoms with Crippen molar-refractivity contribution >= 4 is 25.6 Å². The zero-order chi connectivity index (χ0) is 14.1. The van der Waals surface area contributed by atoms with Gasteiger partial charge in [0.2, 0.25) is 5.91 Å². The lowest BCUT2D eigenvalue weighted by molar-refractivity contribution is -0.122. The maximum absolute atomic E-state index is 11.7. The van der Waals surface area contributed by atoms with Gasteiger partial charge in [-0.2, -0.15) is 0 Å². The van der Waals surface area contributed by atoms with Gasteiger partial charge in [0, 0.05) is 25.0 Å². The van der Waals surface area contributed by atoms with E-state index in [9.17, 15) is 21.6 Å². The normalized spacial score (nSPS) is 32.8. The molecule has 7 nitrogen and oxygen atoms in total. The largest absolute Gasteiger partial charge is 0.352 e. The van der Waals surface area contributed by atoms with Gasteiger partial charge in [0.05, 0.1) is 23.0 Å². The van der Waals surface area contributed by atoms with E-state index in [1.165, 1.54) is 0 Å². The number of sulfone groups is 2. The van der Waals surface area contributed by atoms with Gasteiger partial charge < -0.3 is 10.6 Å². The van der Waals surface area contributed by atoms with Crippen molar-refractivity contribution < 1.29 is 21.6 Å². The lowest BCUT2D eigenvalue weighted by atomic mass is 10.2. The van der Waals surface area contributed by atoms with E-state index in [1.807, 2.05) is 0 Å². The van der Waals surface area contributed by atoms with Crippen LogP contribution < -0.4 is 10.6 Å².